The van der Waals surface area contributed by atoms with Crippen molar-refractivity contribution in [2.75, 3.05) is 5.32 Å². The number of benzene rings is 1. The molecule has 2 rings (SSSR count). The smallest absolute Gasteiger partial charge is 0.278 e. The molecule has 0 unspecified atom stereocenters. The van der Waals surface area contributed by atoms with Crippen molar-refractivity contribution in [3.05, 3.63) is 47.6 Å². The lowest BCUT2D eigenvalue weighted by Gasteiger charge is -2.02. The Morgan fingerprint density at radius 3 is 2.94 bits per heavy atom. The monoisotopic (exact) mass is 220 g/mol. The van der Waals surface area contributed by atoms with Gasteiger partial charge < -0.3 is 9.84 Å². The second-order valence-electron chi connectivity index (χ2n) is 3.31. The van der Waals surface area contributed by atoms with Gasteiger partial charge in [0.2, 0.25) is 0 Å². The van der Waals surface area contributed by atoms with E-state index in [4.69, 9.17) is 0 Å². The molecule has 0 radical (unpaired) electrons. The van der Waals surface area contributed by atoms with Gasteiger partial charge in [-0.15, -0.1) is 0 Å². The first-order valence-electron chi connectivity index (χ1n) is 4.65. The molecule has 1 heterocycles. The van der Waals surface area contributed by atoms with Crippen LogP contribution in [0.5, 0.6) is 0 Å². The molecule has 1 aromatic carbocycles. The van der Waals surface area contributed by atoms with Crippen molar-refractivity contribution >= 4 is 11.6 Å². The molecule has 4 nitrogen and oxygen atoms in total. The number of hydrogen-bond donors (Lipinski definition) is 1. The van der Waals surface area contributed by atoms with Gasteiger partial charge in [-0.2, -0.15) is 0 Å². The van der Waals surface area contributed by atoms with Gasteiger partial charge in [0.25, 0.3) is 5.91 Å². The summed E-state index contributed by atoms with van der Waals surface area (Å²) >= 11 is 0. The van der Waals surface area contributed by atoms with Crippen molar-refractivity contribution in [3.63, 3.8) is 0 Å². The third kappa shape index (κ3) is 2.08. The fraction of sp³-hybridized carbons (Fsp3) is 0.0909. The number of rotatable bonds is 2. The maximum Gasteiger partial charge on any atom is 0.278 e. The molecule has 2 aromatic rings. The standard InChI is InChI=1S/C11H9FN2O2/c1-7-6-16-14-10(7)11(15)13-9-4-2-3-8(12)5-9/h2-6H,1H3,(H,13,15). The van der Waals surface area contributed by atoms with Gasteiger partial charge in [0.1, 0.15) is 12.1 Å². The minimum absolute atomic E-state index is 0.198. The molecule has 0 saturated carbocycles. The van der Waals surface area contributed by atoms with E-state index in [0.29, 0.717) is 11.3 Å². The number of halogens is 1. The highest BCUT2D eigenvalue weighted by atomic mass is 19.1. The molecule has 1 N–H and O–H groups in total. The number of nitrogens with zero attached hydrogens (tertiary/aromatic N) is 1. The van der Waals surface area contributed by atoms with E-state index < -0.39 is 11.7 Å². The Morgan fingerprint density at radius 2 is 2.31 bits per heavy atom. The van der Waals surface area contributed by atoms with Gasteiger partial charge in [-0.25, -0.2) is 4.39 Å². The minimum Gasteiger partial charge on any atom is -0.364 e. The summed E-state index contributed by atoms with van der Waals surface area (Å²) in [6, 6.07) is 5.64. The van der Waals surface area contributed by atoms with E-state index >= 15 is 0 Å². The molecule has 5 heteroatoms. The first-order valence-corrected chi connectivity index (χ1v) is 4.65. The molecule has 1 amide bonds. The van der Waals surface area contributed by atoms with E-state index in [-0.39, 0.29) is 5.69 Å². The molecule has 0 aliphatic rings. The molecule has 0 aliphatic heterocycles. The second kappa shape index (κ2) is 4.14. The summed E-state index contributed by atoms with van der Waals surface area (Å²) in [4.78, 5) is 11.7. The van der Waals surface area contributed by atoms with Crippen LogP contribution in [0.15, 0.2) is 35.1 Å². The maximum absolute atomic E-state index is 12.9. The van der Waals surface area contributed by atoms with E-state index in [1.165, 1.54) is 24.5 Å². The zero-order valence-electron chi connectivity index (χ0n) is 8.53. The van der Waals surface area contributed by atoms with E-state index in [1.54, 1.807) is 13.0 Å². The highest BCUT2D eigenvalue weighted by Gasteiger charge is 2.13. The van der Waals surface area contributed by atoms with Gasteiger partial charge in [-0.05, 0) is 25.1 Å². The highest BCUT2D eigenvalue weighted by molar-refractivity contribution is 6.03. The van der Waals surface area contributed by atoms with Gasteiger partial charge in [-0.3, -0.25) is 4.79 Å². The van der Waals surface area contributed by atoms with E-state index in [9.17, 15) is 9.18 Å². The van der Waals surface area contributed by atoms with Crippen LogP contribution in [0, 0.1) is 12.7 Å². The first kappa shape index (κ1) is 10.4. The Hall–Kier alpha value is -2.17. The summed E-state index contributed by atoms with van der Waals surface area (Å²) in [6.07, 6.45) is 1.38. The third-order valence-electron chi connectivity index (χ3n) is 2.04. The number of amides is 1. The van der Waals surface area contributed by atoms with E-state index in [0.717, 1.165) is 0 Å². The Morgan fingerprint density at radius 1 is 1.50 bits per heavy atom. The molecular weight excluding hydrogens is 211 g/mol. The second-order valence-corrected chi connectivity index (χ2v) is 3.31. The lowest BCUT2D eigenvalue weighted by atomic mass is 10.2. The van der Waals surface area contributed by atoms with Crippen LogP contribution in [0.3, 0.4) is 0 Å². The summed E-state index contributed by atoms with van der Waals surface area (Å²) < 4.78 is 17.5. The molecule has 0 bridgehead atoms. The molecule has 0 spiro atoms. The Labute approximate surface area is 91.1 Å². The van der Waals surface area contributed by atoms with Gasteiger partial charge in [-0.1, -0.05) is 11.2 Å². The molecule has 0 atom stereocenters. The molecule has 82 valence electrons. The van der Waals surface area contributed by atoms with Crippen LogP contribution in [-0.2, 0) is 0 Å². The summed E-state index contributed by atoms with van der Waals surface area (Å²) in [5, 5.41) is 6.08. The number of carbonyl (C=O) groups is 1. The lowest BCUT2D eigenvalue weighted by molar-refractivity contribution is 0.101. The van der Waals surface area contributed by atoms with Crippen molar-refractivity contribution in [2.24, 2.45) is 0 Å². The number of aromatic nitrogens is 1. The van der Waals surface area contributed by atoms with Crippen molar-refractivity contribution < 1.29 is 13.7 Å². The molecule has 0 fully saturated rings. The van der Waals surface area contributed by atoms with E-state index in [2.05, 4.69) is 15.0 Å². The zero-order valence-corrected chi connectivity index (χ0v) is 8.53. The van der Waals surface area contributed by atoms with Crippen LogP contribution in [0.2, 0.25) is 0 Å². The quantitative estimate of drug-likeness (QED) is 0.845. The average molecular weight is 220 g/mol. The average Bonchev–Trinajstić information content (AvgIpc) is 2.64. The van der Waals surface area contributed by atoms with Crippen molar-refractivity contribution in [3.8, 4) is 0 Å². The van der Waals surface area contributed by atoms with Crippen LogP contribution < -0.4 is 5.32 Å². The normalized spacial score (nSPS) is 10.1. The predicted octanol–water partition coefficient (Wildman–Crippen LogP) is 2.37. The zero-order chi connectivity index (χ0) is 11.5. The Bertz CT molecular complexity index is 522. The lowest BCUT2D eigenvalue weighted by Crippen LogP contribution is -2.13. The van der Waals surface area contributed by atoms with Gasteiger partial charge in [0.15, 0.2) is 5.69 Å². The highest BCUT2D eigenvalue weighted by Crippen LogP contribution is 2.12. The fourth-order valence-electron chi connectivity index (χ4n) is 1.26. The first-order chi connectivity index (χ1) is 7.66. The largest absolute Gasteiger partial charge is 0.364 e. The summed E-state index contributed by atoms with van der Waals surface area (Å²) in [6.45, 7) is 1.71. The molecule has 0 aliphatic carbocycles. The SMILES string of the molecule is Cc1conc1C(=O)Nc1cccc(F)c1. The van der Waals surface area contributed by atoms with Crippen molar-refractivity contribution in [1.29, 1.82) is 0 Å². The summed E-state index contributed by atoms with van der Waals surface area (Å²) in [7, 11) is 0. The van der Waals surface area contributed by atoms with Crippen LogP contribution in [0.4, 0.5) is 10.1 Å². The maximum atomic E-state index is 12.9. The van der Waals surface area contributed by atoms with Crippen molar-refractivity contribution in [2.45, 2.75) is 6.92 Å². The van der Waals surface area contributed by atoms with Crippen molar-refractivity contribution in [1.82, 2.24) is 5.16 Å². The third-order valence-corrected chi connectivity index (χ3v) is 2.04. The van der Waals surface area contributed by atoms with Crippen LogP contribution >= 0.6 is 0 Å². The number of hydrogen-bond acceptors (Lipinski definition) is 3. The van der Waals surface area contributed by atoms with Gasteiger partial charge in [0, 0.05) is 11.3 Å². The number of aryl methyl sites for hydroxylation is 1. The fourth-order valence-corrected chi connectivity index (χ4v) is 1.26. The summed E-state index contributed by atoms with van der Waals surface area (Å²) in [5.41, 5.74) is 1.21. The number of nitrogens with one attached hydrogen (secondary N) is 1. The van der Waals surface area contributed by atoms with Crippen LogP contribution in [0.1, 0.15) is 16.1 Å². The topological polar surface area (TPSA) is 55.1 Å². The summed E-state index contributed by atoms with van der Waals surface area (Å²) in [5.74, 6) is -0.827. The molecule has 16 heavy (non-hydrogen) atoms. The molecule has 0 saturated heterocycles. The number of anilines is 1. The number of carbonyl (C=O) groups excluding carboxylic acids is 1. The molecular formula is C11H9FN2O2. The van der Waals surface area contributed by atoms with E-state index in [1.807, 2.05) is 0 Å². The minimum atomic E-state index is -0.420. The Balaban J connectivity index is 2.17. The predicted molar refractivity (Wildman–Crippen MR) is 55.6 cm³/mol. The Kier molecular flexibility index (Phi) is 2.68. The van der Waals surface area contributed by atoms with Crippen LogP contribution in [-0.4, -0.2) is 11.1 Å². The van der Waals surface area contributed by atoms with Gasteiger partial charge in [0.05, 0.1) is 0 Å². The molecule has 1 aromatic heterocycles. The van der Waals surface area contributed by atoms with Crippen LogP contribution in [0.25, 0.3) is 0 Å². The van der Waals surface area contributed by atoms with Gasteiger partial charge >= 0.3 is 0 Å².